The third-order valence-corrected chi connectivity index (χ3v) is 3.28. The molecule has 0 N–H and O–H groups in total. The number of carbonyl (C=O) groups is 1. The summed E-state index contributed by atoms with van der Waals surface area (Å²) in [4.78, 5) is 16.0. The number of nitrogens with zero attached hydrogens (tertiary/aromatic N) is 1. The maximum Gasteiger partial charge on any atom is 0.371 e. The van der Waals surface area contributed by atoms with Crippen LogP contribution in [0.5, 0.6) is 0 Å². The van der Waals surface area contributed by atoms with E-state index in [1.54, 1.807) is 12.2 Å². The van der Waals surface area contributed by atoms with Gasteiger partial charge in [-0.25, -0.2) is 26.7 Å². The zero-order chi connectivity index (χ0) is 18.6. The molecule has 1 aromatic carbocycles. The first-order chi connectivity index (χ1) is 11.8. The molecule has 1 aliphatic rings. The molecule has 0 aromatic heterocycles. The lowest BCUT2D eigenvalue weighted by molar-refractivity contribution is 0.0500. The van der Waals surface area contributed by atoms with Crippen LogP contribution in [0.25, 0.3) is 0 Å². The van der Waals surface area contributed by atoms with Crippen LogP contribution in [0, 0.1) is 35.0 Å². The molecule has 0 aliphatic heterocycles. The number of carbonyl (C=O) groups excluding carboxylic acids is 1. The van der Waals surface area contributed by atoms with Gasteiger partial charge in [-0.1, -0.05) is 41.6 Å². The first-order valence-corrected chi connectivity index (χ1v) is 7.10. The van der Waals surface area contributed by atoms with Gasteiger partial charge in [-0.2, -0.15) is 0 Å². The summed E-state index contributed by atoms with van der Waals surface area (Å²) in [5.74, 6) is -13.2. The smallest absolute Gasteiger partial charge is 0.313 e. The fourth-order valence-electron chi connectivity index (χ4n) is 2.07. The molecular weight excluding hydrogens is 345 g/mol. The largest absolute Gasteiger partial charge is 0.371 e. The van der Waals surface area contributed by atoms with E-state index in [0.717, 1.165) is 0 Å². The van der Waals surface area contributed by atoms with Crippen molar-refractivity contribution >= 4 is 11.7 Å². The van der Waals surface area contributed by atoms with E-state index in [2.05, 4.69) is 9.99 Å². The number of benzene rings is 1. The first kappa shape index (κ1) is 18.6. The van der Waals surface area contributed by atoms with Crippen molar-refractivity contribution in [1.29, 1.82) is 0 Å². The van der Waals surface area contributed by atoms with Crippen LogP contribution in [0.3, 0.4) is 0 Å². The molecule has 8 heteroatoms. The van der Waals surface area contributed by atoms with E-state index in [4.69, 9.17) is 0 Å². The molecule has 132 valence electrons. The van der Waals surface area contributed by atoms with E-state index in [1.807, 2.05) is 24.3 Å². The molecule has 3 nitrogen and oxygen atoms in total. The van der Waals surface area contributed by atoms with E-state index in [-0.39, 0.29) is 5.92 Å². The van der Waals surface area contributed by atoms with Gasteiger partial charge < -0.3 is 4.84 Å². The third kappa shape index (κ3) is 4.20. The van der Waals surface area contributed by atoms with Gasteiger partial charge in [0.05, 0.1) is 5.71 Å². The monoisotopic (exact) mass is 357 g/mol. The Bertz CT molecular complexity index is 767. The van der Waals surface area contributed by atoms with Crippen LogP contribution in [0.2, 0.25) is 0 Å². The van der Waals surface area contributed by atoms with E-state index in [9.17, 15) is 26.7 Å². The fourth-order valence-corrected chi connectivity index (χ4v) is 2.07. The van der Waals surface area contributed by atoms with Crippen LogP contribution in [-0.4, -0.2) is 11.7 Å². The van der Waals surface area contributed by atoms with Crippen molar-refractivity contribution in [2.24, 2.45) is 11.1 Å². The maximum absolute atomic E-state index is 13.5. The Kier molecular flexibility index (Phi) is 5.84. The summed E-state index contributed by atoms with van der Waals surface area (Å²) in [7, 11) is 0. The lowest BCUT2D eigenvalue weighted by Crippen LogP contribution is -2.14. The van der Waals surface area contributed by atoms with Crippen LogP contribution in [0.4, 0.5) is 22.0 Å². The standard InChI is InChI=1S/C17H12F5NO2/c1-9(8-10-6-4-2-3-5-7-10)23-25-17(24)11-12(18)14(20)16(22)15(21)13(11)19/h2-7,10H,8H2,1H3/b23-9+. The first-order valence-electron chi connectivity index (χ1n) is 7.10. The molecule has 0 unspecified atom stereocenters. The second-order valence-electron chi connectivity index (χ2n) is 5.17. The number of rotatable bonds is 4. The maximum atomic E-state index is 13.5. The minimum atomic E-state index is -2.35. The van der Waals surface area contributed by atoms with Crippen LogP contribution in [-0.2, 0) is 4.84 Å². The van der Waals surface area contributed by atoms with Gasteiger partial charge in [0.25, 0.3) is 0 Å². The number of hydrogen-bond acceptors (Lipinski definition) is 3. The Morgan fingerprint density at radius 2 is 1.40 bits per heavy atom. The molecule has 0 radical (unpaired) electrons. The molecule has 25 heavy (non-hydrogen) atoms. The van der Waals surface area contributed by atoms with Crippen molar-refractivity contribution in [3.63, 3.8) is 0 Å². The second kappa shape index (κ2) is 7.87. The van der Waals surface area contributed by atoms with Gasteiger partial charge in [-0.05, 0) is 13.3 Å². The summed E-state index contributed by atoms with van der Waals surface area (Å²) < 4.78 is 66.1. The third-order valence-electron chi connectivity index (χ3n) is 3.28. The molecule has 0 atom stereocenters. The molecule has 0 heterocycles. The lowest BCUT2D eigenvalue weighted by Gasteiger charge is -2.08. The predicted octanol–water partition coefficient (Wildman–Crippen LogP) is 4.60. The van der Waals surface area contributed by atoms with E-state index < -0.39 is 40.6 Å². The molecule has 0 saturated heterocycles. The summed E-state index contributed by atoms with van der Waals surface area (Å²) in [6.45, 7) is 1.49. The highest BCUT2D eigenvalue weighted by molar-refractivity contribution is 5.91. The lowest BCUT2D eigenvalue weighted by atomic mass is 10.0. The molecule has 0 spiro atoms. The summed E-state index contributed by atoms with van der Waals surface area (Å²) in [6.07, 6.45) is 11.3. The number of oxime groups is 1. The van der Waals surface area contributed by atoms with Crippen LogP contribution in [0.1, 0.15) is 23.7 Å². The Balaban J connectivity index is 2.15. The Labute approximate surface area is 139 Å². The average Bonchev–Trinajstić information content (AvgIpc) is 2.85. The summed E-state index contributed by atoms with van der Waals surface area (Å²) >= 11 is 0. The van der Waals surface area contributed by atoms with Crippen molar-refractivity contribution < 1.29 is 31.6 Å². The number of allylic oxidation sites excluding steroid dienone is 6. The Morgan fingerprint density at radius 1 is 0.920 bits per heavy atom. The van der Waals surface area contributed by atoms with Crippen LogP contribution in [0.15, 0.2) is 41.6 Å². The molecule has 2 rings (SSSR count). The fraction of sp³-hybridized carbons (Fsp3) is 0.176. The number of hydrogen-bond donors (Lipinski definition) is 0. The highest BCUT2D eigenvalue weighted by Crippen LogP contribution is 2.23. The van der Waals surface area contributed by atoms with Gasteiger partial charge >= 0.3 is 5.97 Å². The summed E-state index contributed by atoms with van der Waals surface area (Å²) in [6, 6.07) is 0. The highest BCUT2D eigenvalue weighted by atomic mass is 19.2. The number of halogens is 5. The zero-order valence-electron chi connectivity index (χ0n) is 12.9. The van der Waals surface area contributed by atoms with Gasteiger partial charge in [-0.3, -0.25) is 0 Å². The molecule has 1 aromatic rings. The normalized spacial score (nSPS) is 14.7. The van der Waals surface area contributed by atoms with E-state index in [1.165, 1.54) is 6.92 Å². The van der Waals surface area contributed by atoms with Crippen molar-refractivity contribution in [3.8, 4) is 0 Å². The van der Waals surface area contributed by atoms with E-state index in [0.29, 0.717) is 12.1 Å². The second-order valence-corrected chi connectivity index (χ2v) is 5.17. The van der Waals surface area contributed by atoms with Crippen molar-refractivity contribution in [2.45, 2.75) is 13.3 Å². The SMILES string of the molecule is C/C(CC1C=CC=CC=C1)=N\OC(=O)c1c(F)c(F)c(F)c(F)c1F. The molecule has 0 fully saturated rings. The van der Waals surface area contributed by atoms with Crippen LogP contribution >= 0.6 is 0 Å². The minimum absolute atomic E-state index is 0.0494. The summed E-state index contributed by atoms with van der Waals surface area (Å²) in [5, 5.41) is 3.40. The van der Waals surface area contributed by atoms with Gasteiger partial charge in [0, 0.05) is 5.92 Å². The average molecular weight is 357 g/mol. The molecule has 1 aliphatic carbocycles. The van der Waals surface area contributed by atoms with E-state index >= 15 is 0 Å². The zero-order valence-corrected chi connectivity index (χ0v) is 12.9. The Hall–Kier alpha value is -2.77. The highest BCUT2D eigenvalue weighted by Gasteiger charge is 2.31. The molecule has 0 bridgehead atoms. The molecular formula is C17H12F5NO2. The van der Waals surface area contributed by atoms with Crippen molar-refractivity contribution in [2.75, 3.05) is 0 Å². The quantitative estimate of drug-likeness (QED) is 0.197. The van der Waals surface area contributed by atoms with Gasteiger partial charge in [-0.15, -0.1) is 0 Å². The van der Waals surface area contributed by atoms with Gasteiger partial charge in [0.1, 0.15) is 5.56 Å². The topological polar surface area (TPSA) is 38.7 Å². The van der Waals surface area contributed by atoms with Gasteiger partial charge in [0.15, 0.2) is 23.3 Å². The van der Waals surface area contributed by atoms with Crippen LogP contribution < -0.4 is 0 Å². The summed E-state index contributed by atoms with van der Waals surface area (Å²) in [5.41, 5.74) is -1.40. The van der Waals surface area contributed by atoms with Gasteiger partial charge in [0.2, 0.25) is 5.82 Å². The minimum Gasteiger partial charge on any atom is -0.313 e. The van der Waals surface area contributed by atoms with Crippen molar-refractivity contribution in [3.05, 3.63) is 71.1 Å². The Morgan fingerprint density at radius 3 is 1.92 bits per heavy atom. The predicted molar refractivity (Wildman–Crippen MR) is 80.3 cm³/mol. The molecule has 0 amide bonds. The molecule has 0 saturated carbocycles. The van der Waals surface area contributed by atoms with Crippen molar-refractivity contribution in [1.82, 2.24) is 0 Å².